The number of carbonyl (C=O) groups excluding carboxylic acids is 1. The van der Waals surface area contributed by atoms with Gasteiger partial charge in [-0.2, -0.15) is 0 Å². The Kier molecular flexibility index (Phi) is 7.05. The van der Waals surface area contributed by atoms with Crippen LogP contribution in [0.3, 0.4) is 0 Å². The summed E-state index contributed by atoms with van der Waals surface area (Å²) in [4.78, 5) is 28.4. The fraction of sp³-hybridized carbons (Fsp3) is 0.368. The molecule has 0 aliphatic rings. The monoisotopic (exact) mass is 417 g/mol. The molecule has 0 atom stereocenters. The van der Waals surface area contributed by atoms with Crippen LogP contribution >= 0.6 is 23.1 Å². The summed E-state index contributed by atoms with van der Waals surface area (Å²) in [5.74, 6) is -0.0167. The molecule has 28 heavy (non-hydrogen) atoms. The van der Waals surface area contributed by atoms with Crippen LogP contribution in [0.25, 0.3) is 11.3 Å². The first-order chi connectivity index (χ1) is 13.6. The molecule has 0 radical (unpaired) electrons. The van der Waals surface area contributed by atoms with Gasteiger partial charge in [0.1, 0.15) is 0 Å². The van der Waals surface area contributed by atoms with E-state index in [0.29, 0.717) is 16.8 Å². The lowest BCUT2D eigenvalue weighted by atomic mass is 10.1. The third-order valence-electron chi connectivity index (χ3n) is 4.04. The van der Waals surface area contributed by atoms with Gasteiger partial charge in [-0.3, -0.25) is 9.36 Å². The van der Waals surface area contributed by atoms with Crippen LogP contribution in [0.5, 0.6) is 0 Å². The van der Waals surface area contributed by atoms with E-state index < -0.39 is 0 Å². The lowest BCUT2D eigenvalue weighted by molar-refractivity contribution is -0.113. The van der Waals surface area contributed by atoms with Crippen molar-refractivity contribution in [3.05, 3.63) is 45.7 Å². The van der Waals surface area contributed by atoms with Gasteiger partial charge in [-0.1, -0.05) is 56.3 Å². The van der Waals surface area contributed by atoms with Crippen LogP contribution in [-0.4, -0.2) is 31.4 Å². The van der Waals surface area contributed by atoms with Crippen LogP contribution in [0, 0.1) is 0 Å². The van der Waals surface area contributed by atoms with Crippen LogP contribution in [0.1, 0.15) is 32.3 Å². The number of H-pyrrole nitrogens is 1. The van der Waals surface area contributed by atoms with Crippen LogP contribution in [-0.2, 0) is 17.8 Å². The van der Waals surface area contributed by atoms with E-state index in [2.05, 4.69) is 51.7 Å². The number of anilines is 1. The highest BCUT2D eigenvalue weighted by Crippen LogP contribution is 2.25. The van der Waals surface area contributed by atoms with Crippen molar-refractivity contribution in [2.24, 2.45) is 0 Å². The molecule has 1 aromatic carbocycles. The second kappa shape index (κ2) is 9.70. The summed E-state index contributed by atoms with van der Waals surface area (Å²) >= 11 is 2.62. The molecule has 0 saturated heterocycles. The fourth-order valence-electron chi connectivity index (χ4n) is 2.71. The van der Waals surface area contributed by atoms with Gasteiger partial charge >= 0.3 is 5.69 Å². The molecule has 0 aliphatic heterocycles. The minimum absolute atomic E-state index is 0.161. The zero-order valence-corrected chi connectivity index (χ0v) is 17.5. The number of thiazole rings is 1. The molecule has 2 aromatic heterocycles. The predicted molar refractivity (Wildman–Crippen MR) is 114 cm³/mol. The number of hydrogen-bond acceptors (Lipinski definition) is 6. The minimum atomic E-state index is -0.251. The molecule has 3 aromatic rings. The van der Waals surface area contributed by atoms with Gasteiger partial charge in [-0.25, -0.2) is 14.9 Å². The normalized spacial score (nSPS) is 10.9. The highest BCUT2D eigenvalue weighted by Gasteiger charge is 2.12. The molecule has 148 valence electrons. The summed E-state index contributed by atoms with van der Waals surface area (Å²) in [5.41, 5.74) is 2.94. The van der Waals surface area contributed by atoms with E-state index in [0.717, 1.165) is 30.5 Å². The number of aromatic nitrogens is 4. The quantitative estimate of drug-likeness (QED) is 0.517. The first kappa shape index (κ1) is 20.3. The molecule has 0 bridgehead atoms. The van der Waals surface area contributed by atoms with Crippen molar-refractivity contribution in [2.75, 3.05) is 11.1 Å². The zero-order valence-electron chi connectivity index (χ0n) is 15.9. The van der Waals surface area contributed by atoms with Crippen molar-refractivity contribution in [3.8, 4) is 11.3 Å². The Balaban J connectivity index is 1.57. The SMILES string of the molecule is CCCc1ccc(-c2csc(NC(=O)CSc3n[nH]c(=O)n3CCC)n2)cc1. The number of thioether (sulfide) groups is 1. The maximum atomic E-state index is 12.2. The average Bonchev–Trinajstić information content (AvgIpc) is 3.29. The molecule has 0 spiro atoms. The Bertz CT molecular complexity index is 975. The Morgan fingerprint density at radius 2 is 2.04 bits per heavy atom. The predicted octanol–water partition coefficient (Wildman–Crippen LogP) is 3.79. The van der Waals surface area contributed by atoms with E-state index >= 15 is 0 Å². The Morgan fingerprint density at radius 3 is 2.75 bits per heavy atom. The van der Waals surface area contributed by atoms with E-state index in [1.165, 1.54) is 28.7 Å². The van der Waals surface area contributed by atoms with Gasteiger partial charge in [-0.15, -0.1) is 16.4 Å². The molecule has 7 nitrogen and oxygen atoms in total. The van der Waals surface area contributed by atoms with E-state index in [4.69, 9.17) is 0 Å². The Morgan fingerprint density at radius 1 is 1.25 bits per heavy atom. The van der Waals surface area contributed by atoms with E-state index in [9.17, 15) is 9.59 Å². The van der Waals surface area contributed by atoms with Gasteiger partial charge in [0, 0.05) is 17.5 Å². The molecule has 2 heterocycles. The minimum Gasteiger partial charge on any atom is -0.301 e. The van der Waals surface area contributed by atoms with Crippen LogP contribution in [0.15, 0.2) is 39.6 Å². The molecule has 3 rings (SSSR count). The second-order valence-corrected chi connectivity index (χ2v) is 8.09. The first-order valence-corrected chi connectivity index (χ1v) is 11.1. The van der Waals surface area contributed by atoms with Crippen molar-refractivity contribution in [1.29, 1.82) is 0 Å². The number of rotatable bonds is 9. The molecule has 0 fully saturated rings. The molecule has 2 N–H and O–H groups in total. The zero-order chi connectivity index (χ0) is 19.9. The van der Waals surface area contributed by atoms with Crippen molar-refractivity contribution in [1.82, 2.24) is 19.7 Å². The molecule has 0 saturated carbocycles. The maximum Gasteiger partial charge on any atom is 0.343 e. The standard InChI is InChI=1S/C19H23N5O2S2/c1-3-5-13-6-8-14(9-7-13)15-11-27-17(20-15)21-16(25)12-28-19-23-22-18(26)24(19)10-4-2/h6-9,11H,3-5,10,12H2,1-2H3,(H,22,26)(H,20,21,25). The fourth-order valence-corrected chi connectivity index (χ4v) is 4.22. The topological polar surface area (TPSA) is 92.7 Å². The lowest BCUT2D eigenvalue weighted by Crippen LogP contribution is -2.18. The number of nitrogens with one attached hydrogen (secondary N) is 2. The number of amides is 1. The maximum absolute atomic E-state index is 12.2. The van der Waals surface area contributed by atoms with Crippen molar-refractivity contribution >= 4 is 34.1 Å². The largest absolute Gasteiger partial charge is 0.343 e. The lowest BCUT2D eigenvalue weighted by Gasteiger charge is -2.04. The second-order valence-electron chi connectivity index (χ2n) is 6.28. The van der Waals surface area contributed by atoms with E-state index in [1.54, 1.807) is 4.57 Å². The molecular formula is C19H23N5O2S2. The summed E-state index contributed by atoms with van der Waals surface area (Å²) < 4.78 is 1.54. The van der Waals surface area contributed by atoms with Crippen molar-refractivity contribution < 1.29 is 4.79 Å². The van der Waals surface area contributed by atoms with Gasteiger partial charge < -0.3 is 5.32 Å². The molecule has 0 unspecified atom stereocenters. The number of nitrogens with zero attached hydrogens (tertiary/aromatic N) is 3. The molecule has 9 heteroatoms. The van der Waals surface area contributed by atoms with Crippen LogP contribution < -0.4 is 11.0 Å². The van der Waals surface area contributed by atoms with E-state index in [-0.39, 0.29) is 17.3 Å². The summed E-state index contributed by atoms with van der Waals surface area (Å²) in [6.45, 7) is 4.72. The van der Waals surface area contributed by atoms with Crippen molar-refractivity contribution in [3.63, 3.8) is 0 Å². The Labute approximate surface area is 171 Å². The number of aromatic amines is 1. The Hall–Kier alpha value is -2.39. The summed E-state index contributed by atoms with van der Waals surface area (Å²) in [5, 5.41) is 12.2. The summed E-state index contributed by atoms with van der Waals surface area (Å²) in [6, 6.07) is 8.36. The summed E-state index contributed by atoms with van der Waals surface area (Å²) in [6.07, 6.45) is 3.01. The third kappa shape index (κ3) is 5.11. The van der Waals surface area contributed by atoms with Gasteiger partial charge in [0.25, 0.3) is 0 Å². The highest BCUT2D eigenvalue weighted by atomic mass is 32.2. The number of hydrogen-bond donors (Lipinski definition) is 2. The van der Waals surface area contributed by atoms with Gasteiger partial charge in [-0.05, 0) is 18.4 Å². The van der Waals surface area contributed by atoms with E-state index in [1.807, 2.05) is 12.3 Å². The number of benzene rings is 1. The number of aryl methyl sites for hydroxylation is 1. The molecule has 1 amide bonds. The van der Waals surface area contributed by atoms with Crippen LogP contribution in [0.2, 0.25) is 0 Å². The van der Waals surface area contributed by atoms with Crippen LogP contribution in [0.4, 0.5) is 5.13 Å². The van der Waals surface area contributed by atoms with Gasteiger partial charge in [0.05, 0.1) is 11.4 Å². The van der Waals surface area contributed by atoms with Gasteiger partial charge in [0.2, 0.25) is 5.91 Å². The molecule has 0 aliphatic carbocycles. The smallest absolute Gasteiger partial charge is 0.301 e. The third-order valence-corrected chi connectivity index (χ3v) is 5.78. The average molecular weight is 418 g/mol. The number of carbonyl (C=O) groups is 1. The van der Waals surface area contributed by atoms with Gasteiger partial charge in [0.15, 0.2) is 10.3 Å². The molecular weight excluding hydrogens is 394 g/mol. The highest BCUT2D eigenvalue weighted by molar-refractivity contribution is 7.99. The first-order valence-electron chi connectivity index (χ1n) is 9.23. The summed E-state index contributed by atoms with van der Waals surface area (Å²) in [7, 11) is 0. The van der Waals surface area contributed by atoms with Crippen molar-refractivity contribution in [2.45, 2.75) is 44.8 Å².